The van der Waals surface area contributed by atoms with Crippen LogP contribution in [0.25, 0.3) is 0 Å². The predicted molar refractivity (Wildman–Crippen MR) is 180 cm³/mol. The zero-order chi connectivity index (χ0) is 36.9. The van der Waals surface area contributed by atoms with Crippen molar-refractivity contribution in [3.63, 3.8) is 0 Å². The van der Waals surface area contributed by atoms with Crippen LogP contribution < -0.4 is 16.0 Å². The van der Waals surface area contributed by atoms with Crippen molar-refractivity contribution in [2.45, 2.75) is 79.4 Å². The Bertz CT molecular complexity index is 1570. The van der Waals surface area contributed by atoms with Crippen LogP contribution in [0.1, 0.15) is 76.9 Å². The van der Waals surface area contributed by atoms with Crippen LogP contribution in [0, 0.1) is 22.7 Å². The van der Waals surface area contributed by atoms with Crippen LogP contribution in [0.3, 0.4) is 0 Å². The van der Waals surface area contributed by atoms with Crippen molar-refractivity contribution < 1.29 is 48.5 Å². The molecule has 1 fully saturated rings. The first-order chi connectivity index (χ1) is 22.6. The maximum absolute atomic E-state index is 14.0. The molecule has 2 aromatic carbocycles. The van der Waals surface area contributed by atoms with Gasteiger partial charge in [0.1, 0.15) is 11.2 Å². The van der Waals surface area contributed by atoms with E-state index in [-0.39, 0.29) is 12.1 Å². The molecular weight excluding hydrogens is 634 g/mol. The lowest BCUT2D eigenvalue weighted by molar-refractivity contribution is -0.208. The van der Waals surface area contributed by atoms with Crippen molar-refractivity contribution in [2.24, 2.45) is 22.7 Å². The van der Waals surface area contributed by atoms with Crippen molar-refractivity contribution in [3.8, 4) is 0 Å². The summed E-state index contributed by atoms with van der Waals surface area (Å²) in [6, 6.07) is 12.9. The zero-order valence-electron chi connectivity index (χ0n) is 29.3. The second kappa shape index (κ2) is 14.7. The number of carboxylic acids is 2. The Morgan fingerprint density at radius 2 is 1.10 bits per heavy atom. The number of ketones is 1. The van der Waals surface area contributed by atoms with Gasteiger partial charge >= 0.3 is 24.1 Å². The Kier molecular flexibility index (Phi) is 11.5. The van der Waals surface area contributed by atoms with Gasteiger partial charge in [-0.1, -0.05) is 36.4 Å². The van der Waals surface area contributed by atoms with E-state index in [1.54, 1.807) is 77.9 Å². The van der Waals surface area contributed by atoms with E-state index in [2.05, 4.69) is 16.0 Å². The summed E-state index contributed by atoms with van der Waals surface area (Å²) in [6.07, 6.45) is -0.214. The van der Waals surface area contributed by atoms with Crippen molar-refractivity contribution >= 4 is 41.5 Å². The number of alkyl carbamates (subject to hydrolysis) is 2. The zero-order valence-corrected chi connectivity index (χ0v) is 29.3. The van der Waals surface area contributed by atoms with Gasteiger partial charge in [-0.2, -0.15) is 0 Å². The van der Waals surface area contributed by atoms with Crippen LogP contribution in [-0.2, 0) is 36.7 Å². The number of hydrogen-bond acceptors (Lipinski definition) is 8. The fraction of sp³-hybridized carbons (Fsp3) is 0.500. The number of Topliss-reactive ketones (excluding diaryl/α,β-unsaturated/α-hetero) is 1. The maximum atomic E-state index is 14.0. The number of benzene rings is 2. The van der Waals surface area contributed by atoms with E-state index in [4.69, 9.17) is 9.47 Å². The second-order valence-corrected chi connectivity index (χ2v) is 14.6. The van der Waals surface area contributed by atoms with E-state index in [9.17, 15) is 39.0 Å². The smallest absolute Gasteiger partial charge is 0.407 e. The first-order valence-electron chi connectivity index (χ1n) is 16.0. The minimum atomic E-state index is -2.07. The van der Waals surface area contributed by atoms with Gasteiger partial charge in [-0.3, -0.25) is 19.2 Å². The number of carboxylic acid groups (broad SMARTS) is 2. The molecule has 0 heterocycles. The number of nitrogens with one attached hydrogen (secondary N) is 3. The molecule has 13 heteroatoms. The molecule has 49 heavy (non-hydrogen) atoms. The molecule has 4 unspecified atom stereocenters. The Morgan fingerprint density at radius 3 is 1.49 bits per heavy atom. The predicted octanol–water partition coefficient (Wildman–Crippen LogP) is 5.07. The van der Waals surface area contributed by atoms with Crippen molar-refractivity contribution in [1.82, 2.24) is 10.6 Å². The van der Waals surface area contributed by atoms with Gasteiger partial charge in [0.05, 0.1) is 22.7 Å². The average molecular weight is 682 g/mol. The summed E-state index contributed by atoms with van der Waals surface area (Å²) in [4.78, 5) is 76.6. The minimum absolute atomic E-state index is 0.119. The number of carbonyl (C=O) groups excluding carboxylic acids is 4. The number of rotatable bonds is 12. The van der Waals surface area contributed by atoms with Crippen molar-refractivity contribution in [1.29, 1.82) is 0 Å². The van der Waals surface area contributed by atoms with Crippen LogP contribution in [0.2, 0.25) is 0 Å². The number of ether oxygens (including phenoxy) is 2. The summed E-state index contributed by atoms with van der Waals surface area (Å²) in [5.41, 5.74) is -3.21. The van der Waals surface area contributed by atoms with Crippen molar-refractivity contribution in [3.05, 3.63) is 65.2 Å². The van der Waals surface area contributed by atoms with E-state index in [0.717, 1.165) is 11.1 Å². The number of aliphatic carboxylic acids is 2. The molecule has 1 saturated carbocycles. The lowest BCUT2D eigenvalue weighted by Gasteiger charge is -2.60. The molecule has 266 valence electrons. The van der Waals surface area contributed by atoms with E-state index in [0.29, 0.717) is 25.1 Å². The molecule has 0 saturated heterocycles. The molecule has 5 N–H and O–H groups in total. The van der Waals surface area contributed by atoms with Gasteiger partial charge in [0.15, 0.2) is 5.78 Å². The molecule has 0 radical (unpaired) electrons. The summed E-state index contributed by atoms with van der Waals surface area (Å²) in [5.74, 6) is -7.70. The Hall–Kier alpha value is -4.94. The molecule has 4 atom stereocenters. The van der Waals surface area contributed by atoms with E-state index in [1.807, 2.05) is 0 Å². The number of hydrogen-bond donors (Lipinski definition) is 5. The van der Waals surface area contributed by atoms with Gasteiger partial charge < -0.3 is 35.6 Å². The van der Waals surface area contributed by atoms with Crippen LogP contribution in [0.5, 0.6) is 0 Å². The number of carbonyl (C=O) groups is 6. The van der Waals surface area contributed by atoms with E-state index < -0.39 is 69.7 Å². The number of amides is 3. The highest BCUT2D eigenvalue weighted by atomic mass is 16.6. The minimum Gasteiger partial charge on any atom is -0.481 e. The maximum Gasteiger partial charge on any atom is 0.407 e. The molecule has 0 aliphatic heterocycles. The fourth-order valence-electron chi connectivity index (χ4n) is 6.32. The van der Waals surface area contributed by atoms with Gasteiger partial charge in [-0.25, -0.2) is 9.59 Å². The van der Waals surface area contributed by atoms with Gasteiger partial charge in [-0.15, -0.1) is 0 Å². The summed E-state index contributed by atoms with van der Waals surface area (Å²) in [5, 5.41) is 28.4. The summed E-state index contributed by atoms with van der Waals surface area (Å²) in [6.45, 7) is 13.6. The topological polar surface area (TPSA) is 197 Å². The third-order valence-corrected chi connectivity index (χ3v) is 8.47. The molecule has 1 aliphatic rings. The van der Waals surface area contributed by atoms with Gasteiger partial charge in [0.25, 0.3) is 0 Å². The lowest BCUT2D eigenvalue weighted by Crippen LogP contribution is -2.73. The Balaban J connectivity index is 1.75. The van der Waals surface area contributed by atoms with E-state index >= 15 is 0 Å². The SMILES string of the molecule is CC(C)(C)OC(=O)NCCc1ccc(NC(=O)C2(C)C(C(=O)O)C(C)(C(=O)O)C2C(=O)c2ccc(CCNC(=O)OC(C)(C)C)cc2)cc1. The highest BCUT2D eigenvalue weighted by molar-refractivity contribution is 6.12. The van der Waals surface area contributed by atoms with Crippen LogP contribution in [0.4, 0.5) is 15.3 Å². The van der Waals surface area contributed by atoms with Gasteiger partial charge in [0.2, 0.25) is 5.91 Å². The quantitative estimate of drug-likeness (QED) is 0.189. The summed E-state index contributed by atoms with van der Waals surface area (Å²) in [7, 11) is 0. The molecule has 2 aromatic rings. The molecule has 3 amide bonds. The molecule has 1 aliphatic carbocycles. The highest BCUT2D eigenvalue weighted by Gasteiger charge is 2.78. The van der Waals surface area contributed by atoms with Crippen molar-refractivity contribution in [2.75, 3.05) is 18.4 Å². The molecular formula is C36H47N3O10. The Labute approximate surface area is 286 Å². The first kappa shape index (κ1) is 38.5. The van der Waals surface area contributed by atoms with E-state index in [1.165, 1.54) is 26.0 Å². The fourth-order valence-corrected chi connectivity index (χ4v) is 6.32. The third kappa shape index (κ3) is 9.15. The monoisotopic (exact) mass is 681 g/mol. The van der Waals surface area contributed by atoms with Gasteiger partial charge in [-0.05, 0) is 91.5 Å². The van der Waals surface area contributed by atoms with Crippen LogP contribution >= 0.6 is 0 Å². The molecule has 3 rings (SSSR count). The Morgan fingerprint density at radius 1 is 0.673 bits per heavy atom. The lowest BCUT2D eigenvalue weighted by atomic mass is 9.38. The third-order valence-electron chi connectivity index (χ3n) is 8.47. The second-order valence-electron chi connectivity index (χ2n) is 14.6. The first-order valence-corrected chi connectivity index (χ1v) is 16.0. The summed E-state index contributed by atoms with van der Waals surface area (Å²) < 4.78 is 10.4. The van der Waals surface area contributed by atoms with Crippen LogP contribution in [-0.4, -0.2) is 70.3 Å². The average Bonchev–Trinajstić information content (AvgIpc) is 2.95. The molecule has 0 spiro atoms. The highest BCUT2D eigenvalue weighted by Crippen LogP contribution is 2.65. The normalized spacial score (nSPS) is 21.8. The molecule has 0 bridgehead atoms. The summed E-state index contributed by atoms with van der Waals surface area (Å²) >= 11 is 0. The largest absolute Gasteiger partial charge is 0.481 e. The van der Waals surface area contributed by atoms with Crippen LogP contribution in [0.15, 0.2) is 48.5 Å². The van der Waals surface area contributed by atoms with Gasteiger partial charge in [0, 0.05) is 24.3 Å². The molecule has 0 aromatic heterocycles. The standard InChI is InChI=1S/C36H47N3O10/c1-33(2,3)48-31(46)37-19-17-21-9-13-23(14-10-21)25(40)26-35(7,27(28(41)42)36(26,8)30(44)45)29(43)39-24-15-11-22(12-16-24)18-20-38-32(47)49-34(4,5)6/h9-16,26-27H,17-20H2,1-8H3,(H,37,46)(H,38,47)(H,39,43)(H,41,42)(H,44,45). The number of anilines is 1. The molecule has 13 nitrogen and oxygen atoms in total.